The zero-order valence-electron chi connectivity index (χ0n) is 16.3. The molecule has 1 amide bonds. The fourth-order valence-corrected chi connectivity index (χ4v) is 3.22. The van der Waals surface area contributed by atoms with E-state index in [0.29, 0.717) is 17.1 Å². The summed E-state index contributed by atoms with van der Waals surface area (Å²) in [5.41, 5.74) is 4.47. The van der Waals surface area contributed by atoms with Gasteiger partial charge in [0, 0.05) is 58.7 Å². The SMILES string of the molecule is O=C(Nc1cncc(-c2cnc3[nH]ccc3c2)c1)c1cccc(Nc2cnccn2)c1. The number of carbonyl (C=O) groups excluding carboxylic acids is 1. The van der Waals surface area contributed by atoms with Gasteiger partial charge in [0.05, 0.1) is 18.1 Å². The van der Waals surface area contributed by atoms with Gasteiger partial charge >= 0.3 is 0 Å². The highest BCUT2D eigenvalue weighted by atomic mass is 16.1. The van der Waals surface area contributed by atoms with Crippen LogP contribution in [0.3, 0.4) is 0 Å². The van der Waals surface area contributed by atoms with Crippen LogP contribution in [-0.2, 0) is 0 Å². The van der Waals surface area contributed by atoms with E-state index >= 15 is 0 Å². The maximum atomic E-state index is 12.8. The van der Waals surface area contributed by atoms with Crippen molar-refractivity contribution in [3.63, 3.8) is 0 Å². The molecule has 0 fully saturated rings. The summed E-state index contributed by atoms with van der Waals surface area (Å²) < 4.78 is 0. The number of nitrogens with zero attached hydrogens (tertiary/aromatic N) is 4. The van der Waals surface area contributed by atoms with E-state index < -0.39 is 0 Å². The maximum Gasteiger partial charge on any atom is 0.255 e. The molecule has 0 bridgehead atoms. The average Bonchev–Trinajstić information content (AvgIpc) is 3.28. The molecule has 4 aromatic heterocycles. The van der Waals surface area contributed by atoms with Gasteiger partial charge < -0.3 is 15.6 Å². The van der Waals surface area contributed by atoms with Gasteiger partial charge in [-0.05, 0) is 36.4 Å². The molecule has 31 heavy (non-hydrogen) atoms. The summed E-state index contributed by atoms with van der Waals surface area (Å²) >= 11 is 0. The summed E-state index contributed by atoms with van der Waals surface area (Å²) in [6.45, 7) is 0. The number of aromatic nitrogens is 5. The molecule has 8 nitrogen and oxygen atoms in total. The summed E-state index contributed by atoms with van der Waals surface area (Å²) in [5.74, 6) is 0.367. The predicted octanol–water partition coefficient (Wildman–Crippen LogP) is 4.41. The van der Waals surface area contributed by atoms with Gasteiger partial charge in [-0.25, -0.2) is 9.97 Å². The van der Waals surface area contributed by atoms with Crippen molar-refractivity contribution in [2.45, 2.75) is 0 Å². The summed E-state index contributed by atoms with van der Waals surface area (Å²) in [6, 6.07) is 13.0. The molecule has 0 saturated heterocycles. The number of nitrogens with one attached hydrogen (secondary N) is 3. The Morgan fingerprint density at radius 2 is 1.77 bits per heavy atom. The van der Waals surface area contributed by atoms with Crippen molar-refractivity contribution >= 4 is 34.1 Å². The Hall–Kier alpha value is -4.59. The Kier molecular flexibility index (Phi) is 4.78. The molecule has 0 aliphatic rings. The van der Waals surface area contributed by atoms with E-state index in [-0.39, 0.29) is 5.91 Å². The highest BCUT2D eigenvalue weighted by Crippen LogP contribution is 2.24. The van der Waals surface area contributed by atoms with Crippen LogP contribution >= 0.6 is 0 Å². The predicted molar refractivity (Wildman–Crippen MR) is 119 cm³/mol. The number of fused-ring (bicyclic) bond motifs is 1. The fraction of sp³-hybridized carbons (Fsp3) is 0. The number of H-pyrrole nitrogens is 1. The highest BCUT2D eigenvalue weighted by Gasteiger charge is 2.09. The number of rotatable bonds is 5. The number of aromatic amines is 1. The number of amides is 1. The van der Waals surface area contributed by atoms with E-state index in [4.69, 9.17) is 0 Å². The molecule has 4 heterocycles. The first kappa shape index (κ1) is 18.4. The molecule has 0 unspecified atom stereocenters. The molecule has 5 aromatic rings. The summed E-state index contributed by atoms with van der Waals surface area (Å²) in [6.07, 6.45) is 11.8. The number of pyridine rings is 2. The first-order valence-electron chi connectivity index (χ1n) is 9.58. The van der Waals surface area contributed by atoms with Gasteiger partial charge in [-0.3, -0.25) is 14.8 Å². The van der Waals surface area contributed by atoms with Crippen molar-refractivity contribution in [3.8, 4) is 11.1 Å². The number of benzene rings is 1. The van der Waals surface area contributed by atoms with Gasteiger partial charge in [-0.1, -0.05) is 6.07 Å². The minimum absolute atomic E-state index is 0.235. The van der Waals surface area contributed by atoms with E-state index in [1.165, 1.54) is 0 Å². The second-order valence-corrected chi connectivity index (χ2v) is 6.85. The van der Waals surface area contributed by atoms with Gasteiger partial charge in [-0.15, -0.1) is 0 Å². The van der Waals surface area contributed by atoms with Crippen molar-refractivity contribution in [1.29, 1.82) is 0 Å². The van der Waals surface area contributed by atoms with Crippen molar-refractivity contribution < 1.29 is 4.79 Å². The smallest absolute Gasteiger partial charge is 0.255 e. The topological polar surface area (TPSA) is 108 Å². The number of anilines is 3. The molecule has 3 N–H and O–H groups in total. The van der Waals surface area contributed by atoms with Crippen LogP contribution in [0.4, 0.5) is 17.2 Å². The molecule has 8 heteroatoms. The van der Waals surface area contributed by atoms with Gasteiger partial charge in [0.15, 0.2) is 0 Å². The van der Waals surface area contributed by atoms with Gasteiger partial charge in [-0.2, -0.15) is 0 Å². The lowest BCUT2D eigenvalue weighted by molar-refractivity contribution is 0.102. The molecular weight excluding hydrogens is 390 g/mol. The van der Waals surface area contributed by atoms with Crippen LogP contribution in [-0.4, -0.2) is 30.8 Å². The van der Waals surface area contributed by atoms with Crippen molar-refractivity contribution in [2.24, 2.45) is 0 Å². The lowest BCUT2D eigenvalue weighted by Gasteiger charge is -2.09. The van der Waals surface area contributed by atoms with Crippen LogP contribution in [0, 0.1) is 0 Å². The molecule has 150 valence electrons. The first-order valence-corrected chi connectivity index (χ1v) is 9.58. The van der Waals surface area contributed by atoms with Crippen molar-refractivity contribution in [1.82, 2.24) is 24.9 Å². The van der Waals surface area contributed by atoms with Gasteiger partial charge in [0.2, 0.25) is 0 Å². The van der Waals surface area contributed by atoms with Gasteiger partial charge in [0.1, 0.15) is 11.5 Å². The number of hydrogen-bond acceptors (Lipinski definition) is 6. The second kappa shape index (κ2) is 8.03. The van der Waals surface area contributed by atoms with E-state index in [0.717, 1.165) is 27.8 Å². The molecule has 5 rings (SSSR count). The molecule has 0 saturated carbocycles. The van der Waals surface area contributed by atoms with Crippen LogP contribution in [0.5, 0.6) is 0 Å². The van der Waals surface area contributed by atoms with E-state index in [9.17, 15) is 4.79 Å². The molecule has 0 aliphatic carbocycles. The quantitative estimate of drug-likeness (QED) is 0.398. The van der Waals surface area contributed by atoms with E-state index in [1.807, 2.05) is 30.5 Å². The molecule has 0 radical (unpaired) electrons. The minimum Gasteiger partial charge on any atom is -0.346 e. The molecule has 0 atom stereocenters. The monoisotopic (exact) mass is 407 g/mol. The van der Waals surface area contributed by atoms with Crippen LogP contribution in [0.15, 0.2) is 85.8 Å². The summed E-state index contributed by atoms with van der Waals surface area (Å²) in [4.78, 5) is 32.8. The third-order valence-corrected chi connectivity index (χ3v) is 4.69. The largest absolute Gasteiger partial charge is 0.346 e. The number of hydrogen-bond donors (Lipinski definition) is 3. The van der Waals surface area contributed by atoms with Crippen LogP contribution in [0.25, 0.3) is 22.2 Å². The lowest BCUT2D eigenvalue weighted by Crippen LogP contribution is -2.12. The Labute approximate surface area is 177 Å². The zero-order valence-corrected chi connectivity index (χ0v) is 16.3. The summed E-state index contributed by atoms with van der Waals surface area (Å²) in [5, 5.41) is 7.05. The normalized spacial score (nSPS) is 10.7. The first-order chi connectivity index (χ1) is 15.2. The van der Waals surface area contributed by atoms with Gasteiger partial charge in [0.25, 0.3) is 5.91 Å². The van der Waals surface area contributed by atoms with E-state index in [2.05, 4.69) is 35.6 Å². The maximum absolute atomic E-state index is 12.8. The van der Waals surface area contributed by atoms with Crippen LogP contribution < -0.4 is 10.6 Å². The van der Waals surface area contributed by atoms with Crippen molar-refractivity contribution in [2.75, 3.05) is 10.6 Å². The van der Waals surface area contributed by atoms with Crippen LogP contribution in [0.1, 0.15) is 10.4 Å². The molecule has 0 aliphatic heterocycles. The number of carbonyl (C=O) groups is 1. The Bertz CT molecular complexity index is 1360. The average molecular weight is 407 g/mol. The third-order valence-electron chi connectivity index (χ3n) is 4.69. The Morgan fingerprint density at radius 1 is 0.839 bits per heavy atom. The van der Waals surface area contributed by atoms with E-state index in [1.54, 1.807) is 55.4 Å². The standard InChI is InChI=1S/C23H17N7O/c31-23(16-2-1-3-19(9-16)29-21-14-24-6-7-26-21)30-20-10-18(11-25-13-20)17-8-15-4-5-27-22(15)28-12-17/h1-14H,(H,26,29)(H,27,28)(H,30,31). The Balaban J connectivity index is 1.35. The second-order valence-electron chi connectivity index (χ2n) is 6.85. The molecule has 1 aromatic carbocycles. The van der Waals surface area contributed by atoms with Crippen molar-refractivity contribution in [3.05, 3.63) is 91.4 Å². The third kappa shape index (κ3) is 4.08. The highest BCUT2D eigenvalue weighted by molar-refractivity contribution is 6.05. The molecular formula is C23H17N7O. The zero-order chi connectivity index (χ0) is 21.0. The summed E-state index contributed by atoms with van der Waals surface area (Å²) in [7, 11) is 0. The fourth-order valence-electron chi connectivity index (χ4n) is 3.22. The lowest BCUT2D eigenvalue weighted by atomic mass is 10.1. The Morgan fingerprint density at radius 3 is 2.68 bits per heavy atom. The minimum atomic E-state index is -0.235. The molecule has 0 spiro atoms. The van der Waals surface area contributed by atoms with Crippen LogP contribution in [0.2, 0.25) is 0 Å².